The van der Waals surface area contributed by atoms with E-state index in [9.17, 15) is 15.2 Å². The highest BCUT2D eigenvalue weighted by molar-refractivity contribution is 5.96. The van der Waals surface area contributed by atoms with Crippen LogP contribution in [-0.2, 0) is 0 Å². The molecule has 1 aromatic rings. The highest BCUT2D eigenvalue weighted by Crippen LogP contribution is 2.30. The first kappa shape index (κ1) is 18.9. The molecule has 4 N–H and O–H groups in total. The molecule has 0 saturated carbocycles. The third-order valence-corrected chi connectivity index (χ3v) is 5.39. The number of nitrogens with one attached hydrogen (secondary N) is 1. The second-order valence-electron chi connectivity index (χ2n) is 7.03. The molecule has 0 aromatic heterocycles. The van der Waals surface area contributed by atoms with Crippen LogP contribution in [0.5, 0.6) is 0 Å². The van der Waals surface area contributed by atoms with Crippen molar-refractivity contribution < 1.29 is 9.90 Å². The van der Waals surface area contributed by atoms with Gasteiger partial charge in [-0.2, -0.15) is 5.26 Å². The number of nitrogen functional groups attached to an aromatic ring is 1. The van der Waals surface area contributed by atoms with Gasteiger partial charge in [0.05, 0.1) is 17.7 Å². The van der Waals surface area contributed by atoms with Crippen LogP contribution in [0.2, 0.25) is 0 Å². The molecule has 142 valence electrons. The number of aliphatic hydroxyl groups is 1. The van der Waals surface area contributed by atoms with Crippen molar-refractivity contribution in [3.8, 4) is 6.07 Å². The highest BCUT2D eigenvalue weighted by atomic mass is 16.3. The van der Waals surface area contributed by atoms with Crippen LogP contribution in [0, 0.1) is 16.7 Å². The number of hydrogen-bond donors (Lipinski definition) is 3. The van der Waals surface area contributed by atoms with Gasteiger partial charge in [-0.05, 0) is 37.3 Å². The van der Waals surface area contributed by atoms with Crippen LogP contribution in [-0.4, -0.2) is 59.4 Å². The highest BCUT2D eigenvalue weighted by Gasteiger charge is 2.28. The average molecular weight is 367 g/mol. The number of piperidine rings is 2. The molecule has 0 unspecified atom stereocenters. The van der Waals surface area contributed by atoms with Gasteiger partial charge in [-0.25, -0.2) is 4.79 Å². The van der Waals surface area contributed by atoms with E-state index in [-0.39, 0.29) is 12.1 Å². The summed E-state index contributed by atoms with van der Waals surface area (Å²) < 4.78 is 0. The molecule has 2 saturated heterocycles. The van der Waals surface area contributed by atoms with Gasteiger partial charge in [0.15, 0.2) is 0 Å². The second-order valence-corrected chi connectivity index (χ2v) is 7.03. The molecule has 3 rings (SSSR count). The van der Waals surface area contributed by atoms with E-state index in [1.165, 1.54) is 6.21 Å². The summed E-state index contributed by atoms with van der Waals surface area (Å²) in [5, 5.41) is 26.9. The lowest BCUT2D eigenvalue weighted by Gasteiger charge is -2.36. The van der Waals surface area contributed by atoms with Crippen LogP contribution >= 0.6 is 0 Å². The Labute approximate surface area is 159 Å². The molecule has 2 aliphatic rings. The zero-order valence-electron chi connectivity index (χ0n) is 15.3. The van der Waals surface area contributed by atoms with E-state index in [1.807, 2.05) is 11.0 Å². The molecular formula is C20H25N5O2. The fraction of sp³-hybridized carbons (Fsp3) is 0.450. The molecule has 2 aliphatic heterocycles. The lowest BCUT2D eigenvalue weighted by molar-refractivity contribution is 0.0803. The maximum atomic E-state index is 12.7. The van der Waals surface area contributed by atoms with Gasteiger partial charge in [-0.15, -0.1) is 0 Å². The molecule has 2 amide bonds. The molecule has 0 spiro atoms. The molecule has 2 fully saturated rings. The minimum atomic E-state index is -0.301. The number of carbonyl (C=O) groups excluding carboxylic acids is 1. The van der Waals surface area contributed by atoms with E-state index in [2.05, 4.69) is 6.07 Å². The Hall–Kier alpha value is -2.85. The molecule has 0 atom stereocenters. The quantitative estimate of drug-likeness (QED) is 0.422. The summed E-state index contributed by atoms with van der Waals surface area (Å²) in [6.07, 6.45) is 3.42. The minimum absolute atomic E-state index is 0.0172. The number of likely N-dealkylation sites (tertiary alicyclic amines) is 2. The van der Waals surface area contributed by atoms with E-state index >= 15 is 0 Å². The number of benzene rings is 1. The van der Waals surface area contributed by atoms with Crippen molar-refractivity contribution in [3.63, 3.8) is 0 Å². The summed E-state index contributed by atoms with van der Waals surface area (Å²) in [6.45, 7) is 2.32. The minimum Gasteiger partial charge on any atom is -0.398 e. The summed E-state index contributed by atoms with van der Waals surface area (Å²) in [5.74, 6) is 0. The monoisotopic (exact) mass is 367 g/mol. The van der Waals surface area contributed by atoms with E-state index in [4.69, 9.17) is 11.1 Å². The van der Waals surface area contributed by atoms with Crippen LogP contribution in [0.3, 0.4) is 0 Å². The zero-order chi connectivity index (χ0) is 19.4. The third-order valence-electron chi connectivity index (χ3n) is 5.39. The van der Waals surface area contributed by atoms with Gasteiger partial charge in [-0.1, -0.05) is 12.1 Å². The topological polar surface area (TPSA) is 117 Å². The van der Waals surface area contributed by atoms with E-state index in [1.54, 1.807) is 17.0 Å². The molecule has 1 aromatic carbocycles. The van der Waals surface area contributed by atoms with Crippen molar-refractivity contribution in [1.29, 1.82) is 10.7 Å². The average Bonchev–Trinajstić information content (AvgIpc) is 2.69. The summed E-state index contributed by atoms with van der Waals surface area (Å²) in [7, 11) is 0. The lowest BCUT2D eigenvalue weighted by Crippen LogP contribution is -2.49. The summed E-state index contributed by atoms with van der Waals surface area (Å²) in [5.41, 5.74) is 9.25. The standard InChI is InChI=1S/C20H25N5O2/c21-12-17(16-2-1-3-19(23)18(16)13-22)14-4-8-24(9-5-14)20(27)25-10-6-15(26)7-11-25/h1-3,13,15,22,26H,4-11,23H2. The van der Waals surface area contributed by atoms with Crippen LogP contribution in [0.15, 0.2) is 23.8 Å². The molecule has 0 bridgehead atoms. The van der Waals surface area contributed by atoms with Crippen LogP contribution in [0.4, 0.5) is 10.5 Å². The molecule has 7 heteroatoms. The second kappa shape index (κ2) is 8.23. The Morgan fingerprint density at radius 2 is 1.85 bits per heavy atom. The van der Waals surface area contributed by atoms with Gasteiger partial charge in [0, 0.05) is 49.2 Å². The maximum Gasteiger partial charge on any atom is 0.320 e. The maximum absolute atomic E-state index is 12.7. The predicted octanol–water partition coefficient (Wildman–Crippen LogP) is 2.22. The number of nitrogens with zero attached hydrogens (tertiary/aromatic N) is 3. The molecule has 0 aliphatic carbocycles. The first-order valence-electron chi connectivity index (χ1n) is 9.28. The van der Waals surface area contributed by atoms with Gasteiger partial charge >= 0.3 is 6.03 Å². The number of anilines is 1. The van der Waals surface area contributed by atoms with Crippen molar-refractivity contribution in [3.05, 3.63) is 34.9 Å². The van der Waals surface area contributed by atoms with Crippen LogP contribution in [0.1, 0.15) is 36.8 Å². The first-order chi connectivity index (χ1) is 13.0. The zero-order valence-corrected chi connectivity index (χ0v) is 15.3. The lowest BCUT2D eigenvalue weighted by atomic mass is 9.91. The van der Waals surface area contributed by atoms with E-state index in [0.717, 1.165) is 5.57 Å². The van der Waals surface area contributed by atoms with Gasteiger partial charge in [0.2, 0.25) is 0 Å². The summed E-state index contributed by atoms with van der Waals surface area (Å²) in [6, 6.07) is 7.63. The number of aliphatic hydroxyl groups excluding tert-OH is 1. The van der Waals surface area contributed by atoms with E-state index < -0.39 is 0 Å². The molecule has 27 heavy (non-hydrogen) atoms. The van der Waals surface area contributed by atoms with Crippen molar-refractivity contribution in [2.75, 3.05) is 31.9 Å². The van der Waals surface area contributed by atoms with Gasteiger partial charge in [0.25, 0.3) is 0 Å². The number of carbonyl (C=O) groups is 1. The Kier molecular flexibility index (Phi) is 5.77. The predicted molar refractivity (Wildman–Crippen MR) is 104 cm³/mol. The van der Waals surface area contributed by atoms with Gasteiger partial charge in [-0.3, -0.25) is 0 Å². The number of amides is 2. The molecule has 2 heterocycles. The van der Waals surface area contributed by atoms with Gasteiger partial charge < -0.3 is 26.0 Å². The van der Waals surface area contributed by atoms with Gasteiger partial charge in [0.1, 0.15) is 0 Å². The Morgan fingerprint density at radius 1 is 1.22 bits per heavy atom. The molecule has 0 radical (unpaired) electrons. The normalized spacial score (nSPS) is 18.1. The smallest absolute Gasteiger partial charge is 0.320 e. The first-order valence-corrected chi connectivity index (χ1v) is 9.28. The van der Waals surface area contributed by atoms with Crippen LogP contribution < -0.4 is 5.73 Å². The summed E-state index contributed by atoms with van der Waals surface area (Å²) in [4.78, 5) is 16.3. The fourth-order valence-corrected chi connectivity index (χ4v) is 3.77. The number of nitriles is 1. The fourth-order valence-electron chi connectivity index (χ4n) is 3.77. The largest absolute Gasteiger partial charge is 0.398 e. The number of nitrogens with two attached hydrogens (primary N) is 1. The Morgan fingerprint density at radius 3 is 2.44 bits per heavy atom. The molecular weight excluding hydrogens is 342 g/mol. The summed E-state index contributed by atoms with van der Waals surface area (Å²) >= 11 is 0. The number of rotatable bonds is 2. The number of hydrogen-bond acceptors (Lipinski definition) is 5. The number of allylic oxidation sites excluding steroid dienone is 1. The Balaban J connectivity index is 1.74. The van der Waals surface area contributed by atoms with Crippen molar-refractivity contribution >= 4 is 23.5 Å². The Bertz CT molecular complexity index is 793. The third kappa shape index (κ3) is 3.96. The van der Waals surface area contributed by atoms with Crippen LogP contribution in [0.25, 0.3) is 5.57 Å². The number of urea groups is 1. The van der Waals surface area contributed by atoms with Crippen molar-refractivity contribution in [2.24, 2.45) is 0 Å². The van der Waals surface area contributed by atoms with Crippen molar-refractivity contribution in [1.82, 2.24) is 9.80 Å². The van der Waals surface area contributed by atoms with E-state index in [0.29, 0.717) is 74.2 Å². The van der Waals surface area contributed by atoms with Crippen molar-refractivity contribution in [2.45, 2.75) is 31.8 Å². The molecule has 7 nitrogen and oxygen atoms in total. The SMILES string of the molecule is N#CC(=C1CCN(C(=O)N2CCC(O)CC2)CC1)c1cccc(N)c1C=N.